The maximum Gasteiger partial charge on any atom is 0.143 e. The number of hydrogen-bond donors (Lipinski definition) is 0. The van der Waals surface area contributed by atoms with Crippen LogP contribution in [0.5, 0.6) is 0 Å². The largest absolute Gasteiger partial charge is 0.455 e. The van der Waals surface area contributed by atoms with E-state index in [9.17, 15) is 0 Å². The molecule has 0 radical (unpaired) electrons. The molecule has 0 saturated carbocycles. The summed E-state index contributed by atoms with van der Waals surface area (Å²) in [6.07, 6.45) is 0. The van der Waals surface area contributed by atoms with E-state index in [2.05, 4.69) is 170 Å². The molecule has 0 aliphatic heterocycles. The Morgan fingerprint density at radius 2 is 0.854 bits per heavy atom. The van der Waals surface area contributed by atoms with Crippen LogP contribution in [0.25, 0.3) is 97.4 Å². The lowest BCUT2D eigenvalue weighted by atomic mass is 9.86. The van der Waals surface area contributed by atoms with E-state index in [1.54, 1.807) is 0 Å². The number of hydrogen-bond acceptors (Lipinski definition) is 2. The zero-order valence-electron chi connectivity index (χ0n) is 26.0. The first-order chi connectivity index (χ1) is 23.8. The van der Waals surface area contributed by atoms with Crippen LogP contribution >= 0.6 is 11.3 Å². The average Bonchev–Trinajstić information content (AvgIpc) is 3.72. The van der Waals surface area contributed by atoms with Gasteiger partial charge in [-0.15, -0.1) is 11.3 Å². The van der Waals surface area contributed by atoms with E-state index < -0.39 is 0 Å². The van der Waals surface area contributed by atoms with E-state index >= 15 is 0 Å². The molecular weight excluding hydrogens is 601 g/mol. The summed E-state index contributed by atoms with van der Waals surface area (Å²) in [4.78, 5) is 0. The molecule has 224 valence electrons. The number of furan rings is 1. The van der Waals surface area contributed by atoms with Gasteiger partial charge in [-0.3, -0.25) is 0 Å². The van der Waals surface area contributed by atoms with E-state index in [1.165, 1.54) is 64.0 Å². The molecule has 0 amide bonds. The molecule has 0 saturated heterocycles. The summed E-state index contributed by atoms with van der Waals surface area (Å²) in [5.74, 6) is 0.913. The Hall–Kier alpha value is -5.96. The van der Waals surface area contributed by atoms with Crippen molar-refractivity contribution in [2.24, 2.45) is 0 Å². The minimum absolute atomic E-state index is 0.913. The van der Waals surface area contributed by atoms with Crippen LogP contribution in [-0.2, 0) is 0 Å². The second-order valence-electron chi connectivity index (χ2n) is 12.4. The van der Waals surface area contributed by atoms with Gasteiger partial charge < -0.3 is 4.42 Å². The van der Waals surface area contributed by atoms with Gasteiger partial charge in [0.2, 0.25) is 0 Å². The lowest BCUT2D eigenvalue weighted by Crippen LogP contribution is -1.90. The molecule has 0 aliphatic carbocycles. The highest BCUT2D eigenvalue weighted by atomic mass is 32.1. The summed E-state index contributed by atoms with van der Waals surface area (Å²) >= 11 is 1.86. The third-order valence-electron chi connectivity index (χ3n) is 9.67. The van der Waals surface area contributed by atoms with Crippen LogP contribution in [0.4, 0.5) is 0 Å². The molecule has 2 aromatic heterocycles. The van der Waals surface area contributed by atoms with Crippen LogP contribution in [0, 0.1) is 0 Å². The minimum Gasteiger partial charge on any atom is -0.455 e. The van der Waals surface area contributed by atoms with Gasteiger partial charge in [0.15, 0.2) is 0 Å². The Bertz CT molecular complexity index is 2750. The maximum atomic E-state index is 6.74. The molecule has 0 bridgehead atoms. The van der Waals surface area contributed by atoms with E-state index in [4.69, 9.17) is 4.42 Å². The predicted octanol–water partition coefficient (Wildman–Crippen LogP) is 13.8. The van der Waals surface area contributed by atoms with Gasteiger partial charge >= 0.3 is 0 Å². The Kier molecular flexibility index (Phi) is 6.12. The molecule has 0 spiro atoms. The molecule has 2 heterocycles. The van der Waals surface area contributed by atoms with Crippen molar-refractivity contribution in [3.8, 4) is 44.7 Å². The smallest absolute Gasteiger partial charge is 0.143 e. The van der Waals surface area contributed by atoms with E-state index in [0.717, 1.165) is 33.4 Å². The zero-order valence-corrected chi connectivity index (χ0v) is 26.8. The van der Waals surface area contributed by atoms with E-state index in [0.29, 0.717) is 0 Å². The summed E-state index contributed by atoms with van der Waals surface area (Å²) in [6, 6.07) is 61.1. The summed E-state index contributed by atoms with van der Waals surface area (Å²) in [5, 5.41) is 8.76. The first kappa shape index (κ1) is 27.2. The zero-order chi connectivity index (χ0) is 31.6. The molecule has 10 aromatic rings. The third-order valence-corrected chi connectivity index (χ3v) is 10.9. The van der Waals surface area contributed by atoms with Gasteiger partial charge in [0.25, 0.3) is 0 Å². The molecule has 10 rings (SSSR count). The highest BCUT2D eigenvalue weighted by molar-refractivity contribution is 7.26. The van der Waals surface area contributed by atoms with Crippen molar-refractivity contribution in [2.75, 3.05) is 0 Å². The molecule has 1 nitrogen and oxygen atoms in total. The summed E-state index contributed by atoms with van der Waals surface area (Å²) in [5.41, 5.74) is 9.38. The molecule has 0 fully saturated rings. The Labute approximate surface area is 282 Å². The SMILES string of the molecule is c1ccc(-c2oc3cc4sc5c(-c6c7ccccc7c(-c7ccccc7)c7ccccc67)cccc5c4cc3c2-c2ccccc2)cc1. The summed E-state index contributed by atoms with van der Waals surface area (Å²) < 4.78 is 9.26. The van der Waals surface area contributed by atoms with Crippen molar-refractivity contribution in [1.29, 1.82) is 0 Å². The predicted molar refractivity (Wildman–Crippen MR) is 206 cm³/mol. The van der Waals surface area contributed by atoms with Crippen molar-refractivity contribution < 1.29 is 4.42 Å². The molecule has 2 heteroatoms. The van der Waals surface area contributed by atoms with Gasteiger partial charge in [0.05, 0.1) is 0 Å². The lowest BCUT2D eigenvalue weighted by Gasteiger charge is -2.18. The summed E-state index contributed by atoms with van der Waals surface area (Å²) in [6.45, 7) is 0. The molecule has 0 N–H and O–H groups in total. The van der Waals surface area contributed by atoms with E-state index in [-0.39, 0.29) is 0 Å². The molecule has 0 unspecified atom stereocenters. The van der Waals surface area contributed by atoms with Crippen molar-refractivity contribution in [3.63, 3.8) is 0 Å². The quantitative estimate of drug-likeness (QED) is 0.177. The monoisotopic (exact) mass is 628 g/mol. The number of fused-ring (bicyclic) bond motifs is 6. The average molecular weight is 629 g/mol. The fourth-order valence-corrected chi connectivity index (χ4v) is 8.84. The van der Waals surface area contributed by atoms with Crippen LogP contribution < -0.4 is 0 Å². The van der Waals surface area contributed by atoms with Gasteiger partial charge in [-0.2, -0.15) is 0 Å². The number of rotatable bonds is 4. The van der Waals surface area contributed by atoms with Gasteiger partial charge in [-0.25, -0.2) is 0 Å². The van der Waals surface area contributed by atoms with E-state index in [1.807, 2.05) is 11.3 Å². The van der Waals surface area contributed by atoms with Gasteiger partial charge in [-0.05, 0) is 55.9 Å². The first-order valence-corrected chi connectivity index (χ1v) is 17.2. The van der Waals surface area contributed by atoms with Crippen LogP contribution in [0.3, 0.4) is 0 Å². The van der Waals surface area contributed by atoms with Crippen molar-refractivity contribution in [3.05, 3.63) is 170 Å². The molecule has 0 atom stereocenters. The minimum atomic E-state index is 0.913. The van der Waals surface area contributed by atoms with Crippen LogP contribution in [-0.4, -0.2) is 0 Å². The Balaban J connectivity index is 1.27. The second kappa shape index (κ2) is 10.8. The van der Waals surface area contributed by atoms with Crippen molar-refractivity contribution in [1.82, 2.24) is 0 Å². The topological polar surface area (TPSA) is 13.1 Å². The van der Waals surface area contributed by atoms with Gasteiger partial charge in [-0.1, -0.05) is 158 Å². The van der Waals surface area contributed by atoms with Gasteiger partial charge in [0.1, 0.15) is 11.3 Å². The fraction of sp³-hybridized carbons (Fsp3) is 0. The Morgan fingerprint density at radius 3 is 1.46 bits per heavy atom. The number of benzene rings is 8. The first-order valence-electron chi connectivity index (χ1n) is 16.4. The van der Waals surface area contributed by atoms with Gasteiger partial charge in [0, 0.05) is 42.2 Å². The third kappa shape index (κ3) is 4.10. The molecule has 0 aliphatic rings. The fourth-order valence-electron chi connectivity index (χ4n) is 7.60. The van der Waals surface area contributed by atoms with Crippen molar-refractivity contribution in [2.45, 2.75) is 0 Å². The Morgan fingerprint density at radius 1 is 0.354 bits per heavy atom. The van der Waals surface area contributed by atoms with Crippen LogP contribution in [0.1, 0.15) is 0 Å². The standard InChI is InChI=1S/C46H28OS/c1-4-15-29(16-5-1)42-32-21-10-12-23-34(32)44(35-24-13-11-22-33(35)42)37-26-14-25-36-38-27-39-40(28-41(38)48-46(36)37)47-45(31-19-8-3-9-20-31)43(39)30-17-6-2-7-18-30/h1-28H. The number of thiophene rings is 1. The highest BCUT2D eigenvalue weighted by Crippen LogP contribution is 2.49. The lowest BCUT2D eigenvalue weighted by molar-refractivity contribution is 0.633. The molecule has 8 aromatic carbocycles. The van der Waals surface area contributed by atoms with Crippen molar-refractivity contribution >= 4 is 64.0 Å². The maximum absolute atomic E-state index is 6.74. The molecule has 48 heavy (non-hydrogen) atoms. The molecular formula is C46H28OS. The highest BCUT2D eigenvalue weighted by Gasteiger charge is 2.22. The summed E-state index contributed by atoms with van der Waals surface area (Å²) in [7, 11) is 0. The van der Waals surface area contributed by atoms with Crippen LogP contribution in [0.2, 0.25) is 0 Å². The second-order valence-corrected chi connectivity index (χ2v) is 13.4. The normalized spacial score (nSPS) is 11.8. The van der Waals surface area contributed by atoms with Crippen LogP contribution in [0.15, 0.2) is 174 Å².